The molecule has 7 heteroatoms. The molecule has 0 spiro atoms. The summed E-state index contributed by atoms with van der Waals surface area (Å²) in [4.78, 5) is 19.4. The molecule has 2 N–H and O–H groups in total. The summed E-state index contributed by atoms with van der Waals surface area (Å²) in [6, 6.07) is 11.2. The quantitative estimate of drug-likeness (QED) is 0.775. The average Bonchev–Trinajstić information content (AvgIpc) is 2.94. The van der Waals surface area contributed by atoms with Crippen molar-refractivity contribution in [2.45, 2.75) is 4.90 Å². The van der Waals surface area contributed by atoms with Crippen molar-refractivity contribution in [3.05, 3.63) is 54.4 Å². The number of benzene rings is 2. The summed E-state index contributed by atoms with van der Waals surface area (Å²) in [5.41, 5.74) is 2.42. The van der Waals surface area contributed by atoms with E-state index >= 15 is 0 Å². The van der Waals surface area contributed by atoms with Crippen molar-refractivity contribution < 1.29 is 13.2 Å². The molecule has 112 valence electrons. The number of carbonyl (C=O) groups is 1. The second-order valence-corrected chi connectivity index (χ2v) is 6.90. The van der Waals surface area contributed by atoms with E-state index in [1.165, 1.54) is 12.1 Å². The first-order chi connectivity index (χ1) is 10.4. The number of nitrogens with zero attached hydrogens (tertiary/aromatic N) is 1. The molecule has 0 aliphatic carbocycles. The van der Waals surface area contributed by atoms with Gasteiger partial charge in [0, 0.05) is 17.5 Å². The van der Waals surface area contributed by atoms with E-state index < -0.39 is 9.84 Å². The predicted octanol–water partition coefficient (Wildman–Crippen LogP) is 2.22. The van der Waals surface area contributed by atoms with Crippen molar-refractivity contribution >= 4 is 32.5 Å². The lowest BCUT2D eigenvalue weighted by Crippen LogP contribution is -2.12. The van der Waals surface area contributed by atoms with Crippen LogP contribution in [0.5, 0.6) is 0 Å². The maximum absolute atomic E-state index is 12.2. The van der Waals surface area contributed by atoms with Gasteiger partial charge in [0.2, 0.25) is 0 Å². The van der Waals surface area contributed by atoms with Gasteiger partial charge in [-0.1, -0.05) is 6.07 Å². The SMILES string of the molecule is CS(=O)(=O)c1cccc(NC(=O)c2ccc3nc[nH]c3c2)c1. The van der Waals surface area contributed by atoms with E-state index in [9.17, 15) is 13.2 Å². The highest BCUT2D eigenvalue weighted by Gasteiger charge is 2.11. The molecule has 3 aromatic rings. The molecule has 0 aliphatic heterocycles. The number of sulfone groups is 1. The van der Waals surface area contributed by atoms with Crippen LogP contribution in [-0.2, 0) is 9.84 Å². The highest BCUT2D eigenvalue weighted by Crippen LogP contribution is 2.17. The fourth-order valence-corrected chi connectivity index (χ4v) is 2.75. The zero-order valence-corrected chi connectivity index (χ0v) is 12.5. The van der Waals surface area contributed by atoms with Crippen LogP contribution in [0, 0.1) is 0 Å². The van der Waals surface area contributed by atoms with Crippen molar-refractivity contribution in [1.29, 1.82) is 0 Å². The number of nitrogens with one attached hydrogen (secondary N) is 2. The Kier molecular flexibility index (Phi) is 3.42. The number of amides is 1. The predicted molar refractivity (Wildman–Crippen MR) is 83.6 cm³/mol. The summed E-state index contributed by atoms with van der Waals surface area (Å²) in [5.74, 6) is -0.317. The molecule has 0 fully saturated rings. The van der Waals surface area contributed by atoms with Crippen molar-refractivity contribution in [2.75, 3.05) is 11.6 Å². The molecule has 0 bridgehead atoms. The molecule has 22 heavy (non-hydrogen) atoms. The largest absolute Gasteiger partial charge is 0.345 e. The Morgan fingerprint density at radius 2 is 2.00 bits per heavy atom. The number of imidazole rings is 1. The minimum Gasteiger partial charge on any atom is -0.345 e. The summed E-state index contributed by atoms with van der Waals surface area (Å²) >= 11 is 0. The molecule has 0 saturated carbocycles. The van der Waals surface area contributed by atoms with Gasteiger partial charge in [-0.05, 0) is 36.4 Å². The van der Waals surface area contributed by atoms with E-state index in [1.807, 2.05) is 0 Å². The van der Waals surface area contributed by atoms with Gasteiger partial charge in [0.05, 0.1) is 22.3 Å². The number of hydrogen-bond acceptors (Lipinski definition) is 4. The van der Waals surface area contributed by atoms with Crippen LogP contribution in [0.1, 0.15) is 10.4 Å². The van der Waals surface area contributed by atoms with Crippen molar-refractivity contribution in [2.24, 2.45) is 0 Å². The van der Waals surface area contributed by atoms with Gasteiger partial charge in [-0.2, -0.15) is 0 Å². The summed E-state index contributed by atoms with van der Waals surface area (Å²) in [7, 11) is -3.31. The topological polar surface area (TPSA) is 91.9 Å². The van der Waals surface area contributed by atoms with Crippen molar-refractivity contribution in [3.8, 4) is 0 Å². The summed E-state index contributed by atoms with van der Waals surface area (Å²) in [6.45, 7) is 0. The molecule has 2 aromatic carbocycles. The summed E-state index contributed by atoms with van der Waals surface area (Å²) < 4.78 is 23.1. The van der Waals surface area contributed by atoms with Crippen molar-refractivity contribution in [3.63, 3.8) is 0 Å². The Labute approximate surface area is 127 Å². The molecule has 1 aromatic heterocycles. The van der Waals surface area contributed by atoms with Gasteiger partial charge in [0.1, 0.15) is 0 Å². The zero-order chi connectivity index (χ0) is 15.7. The lowest BCUT2D eigenvalue weighted by atomic mass is 10.2. The Morgan fingerprint density at radius 3 is 2.77 bits per heavy atom. The van der Waals surface area contributed by atoms with Gasteiger partial charge in [-0.3, -0.25) is 4.79 Å². The molecule has 0 radical (unpaired) electrons. The number of anilines is 1. The van der Waals surface area contributed by atoms with Crippen LogP contribution in [0.2, 0.25) is 0 Å². The molecule has 0 saturated heterocycles. The zero-order valence-electron chi connectivity index (χ0n) is 11.7. The van der Waals surface area contributed by atoms with Gasteiger partial charge in [-0.15, -0.1) is 0 Å². The van der Waals surface area contributed by atoms with Crippen molar-refractivity contribution in [1.82, 2.24) is 9.97 Å². The maximum atomic E-state index is 12.2. The molecule has 0 atom stereocenters. The number of hydrogen-bond donors (Lipinski definition) is 2. The lowest BCUT2D eigenvalue weighted by molar-refractivity contribution is 0.102. The fraction of sp³-hybridized carbons (Fsp3) is 0.0667. The Hall–Kier alpha value is -2.67. The third-order valence-corrected chi connectivity index (χ3v) is 4.31. The van der Waals surface area contributed by atoms with Crippen LogP contribution in [0.4, 0.5) is 5.69 Å². The van der Waals surface area contributed by atoms with E-state index in [0.717, 1.165) is 17.3 Å². The summed E-state index contributed by atoms with van der Waals surface area (Å²) in [5, 5.41) is 2.69. The van der Waals surface area contributed by atoms with Crippen LogP contribution < -0.4 is 5.32 Å². The van der Waals surface area contributed by atoms with Gasteiger partial charge in [0.15, 0.2) is 9.84 Å². The van der Waals surface area contributed by atoms with Gasteiger partial charge >= 0.3 is 0 Å². The number of rotatable bonds is 3. The minimum atomic E-state index is -3.31. The minimum absolute atomic E-state index is 0.161. The number of carbonyl (C=O) groups excluding carboxylic acids is 1. The second kappa shape index (κ2) is 5.27. The van der Waals surface area contributed by atoms with Gasteiger partial charge < -0.3 is 10.3 Å². The summed E-state index contributed by atoms with van der Waals surface area (Å²) in [6.07, 6.45) is 2.68. The highest BCUT2D eigenvalue weighted by atomic mass is 32.2. The first-order valence-corrected chi connectivity index (χ1v) is 8.37. The molecule has 0 unspecified atom stereocenters. The third kappa shape index (κ3) is 2.84. The Bertz CT molecular complexity index is 961. The first kappa shape index (κ1) is 14.3. The second-order valence-electron chi connectivity index (χ2n) is 4.89. The smallest absolute Gasteiger partial charge is 0.255 e. The average molecular weight is 315 g/mol. The molecule has 0 aliphatic rings. The van der Waals surface area contributed by atoms with Crippen LogP contribution >= 0.6 is 0 Å². The Morgan fingerprint density at radius 1 is 1.18 bits per heavy atom. The third-order valence-electron chi connectivity index (χ3n) is 3.20. The number of H-pyrrole nitrogens is 1. The fourth-order valence-electron chi connectivity index (χ4n) is 2.08. The molecule has 6 nitrogen and oxygen atoms in total. The van der Waals surface area contributed by atoms with E-state index in [-0.39, 0.29) is 10.8 Å². The Balaban J connectivity index is 1.87. The normalized spacial score (nSPS) is 11.5. The highest BCUT2D eigenvalue weighted by molar-refractivity contribution is 7.90. The molecule has 1 amide bonds. The first-order valence-electron chi connectivity index (χ1n) is 6.48. The van der Waals surface area contributed by atoms with Gasteiger partial charge in [-0.25, -0.2) is 13.4 Å². The number of aromatic amines is 1. The van der Waals surface area contributed by atoms with E-state index in [4.69, 9.17) is 0 Å². The lowest BCUT2D eigenvalue weighted by Gasteiger charge is -2.07. The van der Waals surface area contributed by atoms with Crippen LogP contribution in [0.25, 0.3) is 11.0 Å². The molecular formula is C15H13N3O3S. The van der Waals surface area contributed by atoms with Crippen LogP contribution in [0.15, 0.2) is 53.7 Å². The van der Waals surface area contributed by atoms with Crippen LogP contribution in [-0.4, -0.2) is 30.5 Å². The van der Waals surface area contributed by atoms with Gasteiger partial charge in [0.25, 0.3) is 5.91 Å². The monoisotopic (exact) mass is 315 g/mol. The molecule has 3 rings (SSSR count). The molecule has 1 heterocycles. The number of aromatic nitrogens is 2. The van der Waals surface area contributed by atoms with E-state index in [2.05, 4.69) is 15.3 Å². The van der Waals surface area contributed by atoms with E-state index in [1.54, 1.807) is 36.7 Å². The number of fused-ring (bicyclic) bond motifs is 1. The standard InChI is InChI=1S/C15H13N3O3S/c1-22(20,21)12-4-2-3-11(8-12)18-15(19)10-5-6-13-14(7-10)17-9-16-13/h2-9H,1H3,(H,16,17)(H,18,19). The molecular weight excluding hydrogens is 302 g/mol. The van der Waals surface area contributed by atoms with E-state index in [0.29, 0.717) is 11.3 Å². The van der Waals surface area contributed by atoms with Crippen LogP contribution in [0.3, 0.4) is 0 Å². The maximum Gasteiger partial charge on any atom is 0.255 e.